The van der Waals surface area contributed by atoms with Crippen LogP contribution in [0.15, 0.2) is 42.5 Å². The second-order valence-corrected chi connectivity index (χ2v) is 6.33. The second-order valence-electron chi connectivity index (χ2n) is 6.33. The molecule has 0 aliphatic carbocycles. The van der Waals surface area contributed by atoms with Crippen LogP contribution in [0.2, 0.25) is 0 Å². The van der Waals surface area contributed by atoms with Crippen LogP contribution in [-0.2, 0) is 0 Å². The molecule has 2 aromatic carbocycles. The molecule has 0 bridgehead atoms. The van der Waals surface area contributed by atoms with Gasteiger partial charge in [-0.2, -0.15) is 0 Å². The number of benzene rings is 2. The summed E-state index contributed by atoms with van der Waals surface area (Å²) in [6.07, 6.45) is 3.09. The average Bonchev–Trinajstić information content (AvgIpc) is 2.68. The SMILES string of the molecule is CCCCCNC(=O)Nc1ccc(Oc2ccc(N)cc2)c(C(=O)NCC)c1. The lowest BCUT2D eigenvalue weighted by atomic mass is 10.1. The van der Waals surface area contributed by atoms with E-state index in [2.05, 4.69) is 22.9 Å². The number of nitrogens with one attached hydrogen (secondary N) is 3. The van der Waals surface area contributed by atoms with E-state index in [1.165, 1.54) is 0 Å². The molecule has 7 heteroatoms. The Hall–Kier alpha value is -3.22. The number of ether oxygens (including phenoxy) is 1. The number of amides is 3. The number of hydrogen-bond donors (Lipinski definition) is 4. The van der Waals surface area contributed by atoms with Crippen molar-refractivity contribution in [2.45, 2.75) is 33.1 Å². The molecule has 0 unspecified atom stereocenters. The van der Waals surface area contributed by atoms with Crippen LogP contribution in [0, 0.1) is 0 Å². The molecule has 0 saturated carbocycles. The fourth-order valence-electron chi connectivity index (χ4n) is 2.55. The summed E-state index contributed by atoms with van der Waals surface area (Å²) in [5.74, 6) is 0.679. The average molecular weight is 384 g/mol. The van der Waals surface area contributed by atoms with Gasteiger partial charge >= 0.3 is 6.03 Å². The Morgan fingerprint density at radius 3 is 2.43 bits per heavy atom. The highest BCUT2D eigenvalue weighted by Gasteiger charge is 2.15. The largest absolute Gasteiger partial charge is 0.457 e. The highest BCUT2D eigenvalue weighted by molar-refractivity contribution is 5.99. The fourth-order valence-corrected chi connectivity index (χ4v) is 2.55. The van der Waals surface area contributed by atoms with Gasteiger partial charge in [0.25, 0.3) is 5.91 Å². The molecule has 28 heavy (non-hydrogen) atoms. The lowest BCUT2D eigenvalue weighted by Gasteiger charge is -2.14. The summed E-state index contributed by atoms with van der Waals surface area (Å²) in [5, 5.41) is 8.32. The second kappa shape index (κ2) is 10.8. The summed E-state index contributed by atoms with van der Waals surface area (Å²) < 4.78 is 5.84. The summed E-state index contributed by atoms with van der Waals surface area (Å²) in [6.45, 7) is 5.04. The van der Waals surface area contributed by atoms with Crippen molar-refractivity contribution < 1.29 is 14.3 Å². The molecule has 2 rings (SSSR count). The highest BCUT2D eigenvalue weighted by Crippen LogP contribution is 2.28. The van der Waals surface area contributed by atoms with Crippen molar-refractivity contribution >= 4 is 23.3 Å². The predicted molar refractivity (Wildman–Crippen MR) is 112 cm³/mol. The third kappa shape index (κ3) is 6.50. The smallest absolute Gasteiger partial charge is 0.319 e. The van der Waals surface area contributed by atoms with Crippen LogP contribution in [-0.4, -0.2) is 25.0 Å². The summed E-state index contributed by atoms with van der Waals surface area (Å²) in [4.78, 5) is 24.5. The first-order valence-electron chi connectivity index (χ1n) is 9.54. The van der Waals surface area contributed by atoms with Crippen LogP contribution in [0.5, 0.6) is 11.5 Å². The molecule has 3 amide bonds. The zero-order chi connectivity index (χ0) is 20.4. The zero-order valence-corrected chi connectivity index (χ0v) is 16.4. The Labute approximate surface area is 165 Å². The van der Waals surface area contributed by atoms with Gasteiger partial charge in [-0.05, 0) is 55.8 Å². The predicted octanol–water partition coefficient (Wildman–Crippen LogP) is 4.12. The van der Waals surface area contributed by atoms with Crippen molar-refractivity contribution in [1.29, 1.82) is 0 Å². The van der Waals surface area contributed by atoms with E-state index in [9.17, 15) is 9.59 Å². The molecule has 0 heterocycles. The first kappa shape index (κ1) is 21.1. The topological polar surface area (TPSA) is 105 Å². The maximum Gasteiger partial charge on any atom is 0.319 e. The molecule has 0 spiro atoms. The van der Waals surface area contributed by atoms with E-state index < -0.39 is 0 Å². The third-order valence-electron chi connectivity index (χ3n) is 3.99. The number of urea groups is 1. The van der Waals surface area contributed by atoms with E-state index in [1.54, 1.807) is 42.5 Å². The highest BCUT2D eigenvalue weighted by atomic mass is 16.5. The number of rotatable bonds is 9. The Morgan fingerprint density at radius 2 is 1.75 bits per heavy atom. The molecule has 0 aliphatic heterocycles. The molecule has 0 atom stereocenters. The Bertz CT molecular complexity index is 791. The first-order chi connectivity index (χ1) is 13.5. The molecule has 0 radical (unpaired) electrons. The monoisotopic (exact) mass is 384 g/mol. The summed E-state index contributed by atoms with van der Waals surface area (Å²) in [5.41, 5.74) is 7.16. The van der Waals surface area contributed by atoms with Crippen molar-refractivity contribution in [3.63, 3.8) is 0 Å². The molecule has 2 aromatic rings. The Kier molecular flexibility index (Phi) is 8.14. The Balaban J connectivity index is 2.14. The fraction of sp³-hybridized carbons (Fsp3) is 0.333. The molecular weight excluding hydrogens is 356 g/mol. The first-order valence-corrected chi connectivity index (χ1v) is 9.54. The molecule has 0 aromatic heterocycles. The van der Waals surface area contributed by atoms with Crippen molar-refractivity contribution in [2.75, 3.05) is 24.1 Å². The van der Waals surface area contributed by atoms with E-state index in [-0.39, 0.29) is 11.9 Å². The number of carbonyl (C=O) groups excluding carboxylic acids is 2. The number of nitrogens with two attached hydrogens (primary N) is 1. The van der Waals surface area contributed by atoms with Crippen LogP contribution in [0.4, 0.5) is 16.2 Å². The molecule has 7 nitrogen and oxygen atoms in total. The summed E-state index contributed by atoms with van der Waals surface area (Å²) in [7, 11) is 0. The lowest BCUT2D eigenvalue weighted by molar-refractivity contribution is 0.0953. The van der Waals surface area contributed by atoms with E-state index in [0.29, 0.717) is 41.5 Å². The number of carbonyl (C=O) groups is 2. The number of nitrogen functional groups attached to an aromatic ring is 1. The van der Waals surface area contributed by atoms with Crippen molar-refractivity contribution in [3.05, 3.63) is 48.0 Å². The summed E-state index contributed by atoms with van der Waals surface area (Å²) in [6, 6.07) is 11.6. The van der Waals surface area contributed by atoms with Gasteiger partial charge in [0, 0.05) is 24.5 Å². The van der Waals surface area contributed by atoms with Crippen LogP contribution in [0.3, 0.4) is 0 Å². The van der Waals surface area contributed by atoms with Gasteiger partial charge in [-0.3, -0.25) is 4.79 Å². The van der Waals surface area contributed by atoms with E-state index in [4.69, 9.17) is 10.5 Å². The van der Waals surface area contributed by atoms with Crippen LogP contribution >= 0.6 is 0 Å². The molecule has 150 valence electrons. The maximum absolute atomic E-state index is 12.5. The van der Waals surface area contributed by atoms with Crippen LogP contribution in [0.1, 0.15) is 43.5 Å². The minimum absolute atomic E-state index is 0.278. The summed E-state index contributed by atoms with van der Waals surface area (Å²) >= 11 is 0. The van der Waals surface area contributed by atoms with Gasteiger partial charge in [-0.15, -0.1) is 0 Å². The van der Waals surface area contributed by atoms with Gasteiger partial charge in [0.1, 0.15) is 11.5 Å². The van der Waals surface area contributed by atoms with E-state index in [1.807, 2.05) is 6.92 Å². The van der Waals surface area contributed by atoms with Gasteiger partial charge in [-0.1, -0.05) is 19.8 Å². The third-order valence-corrected chi connectivity index (χ3v) is 3.99. The zero-order valence-electron chi connectivity index (χ0n) is 16.4. The minimum atomic E-state index is -0.301. The van der Waals surface area contributed by atoms with Gasteiger partial charge in [0.2, 0.25) is 0 Å². The van der Waals surface area contributed by atoms with Gasteiger partial charge in [0.15, 0.2) is 0 Å². The standard InChI is InChI=1S/C21H28N4O3/c1-3-5-6-13-24-21(27)25-16-9-12-19(18(14-16)20(26)23-4-2)28-17-10-7-15(22)8-11-17/h7-12,14H,3-6,13,22H2,1-2H3,(H,23,26)(H2,24,25,27). The van der Waals surface area contributed by atoms with Crippen molar-refractivity contribution in [1.82, 2.24) is 10.6 Å². The molecule has 0 aliphatic rings. The number of hydrogen-bond acceptors (Lipinski definition) is 4. The van der Waals surface area contributed by atoms with Crippen LogP contribution in [0.25, 0.3) is 0 Å². The van der Waals surface area contributed by atoms with Gasteiger partial charge in [0.05, 0.1) is 5.56 Å². The van der Waals surface area contributed by atoms with E-state index >= 15 is 0 Å². The molecule has 5 N–H and O–H groups in total. The maximum atomic E-state index is 12.5. The van der Waals surface area contributed by atoms with E-state index in [0.717, 1.165) is 19.3 Å². The minimum Gasteiger partial charge on any atom is -0.457 e. The number of unbranched alkanes of at least 4 members (excludes halogenated alkanes) is 2. The quantitative estimate of drug-likeness (QED) is 0.385. The van der Waals surface area contributed by atoms with Crippen LogP contribution < -0.4 is 26.4 Å². The Morgan fingerprint density at radius 1 is 1.00 bits per heavy atom. The van der Waals surface area contributed by atoms with Crippen molar-refractivity contribution in [3.8, 4) is 11.5 Å². The van der Waals surface area contributed by atoms with Gasteiger partial charge < -0.3 is 26.4 Å². The molecule has 0 fully saturated rings. The van der Waals surface area contributed by atoms with Crippen molar-refractivity contribution in [2.24, 2.45) is 0 Å². The normalized spacial score (nSPS) is 10.2. The molecule has 0 saturated heterocycles. The number of anilines is 2. The lowest BCUT2D eigenvalue weighted by Crippen LogP contribution is -2.29. The molecular formula is C21H28N4O3. The van der Waals surface area contributed by atoms with Gasteiger partial charge in [-0.25, -0.2) is 4.79 Å².